The molecule has 142 valence electrons. The number of benzene rings is 1. The predicted molar refractivity (Wildman–Crippen MR) is 106 cm³/mol. The van der Waals surface area contributed by atoms with Gasteiger partial charge in [-0.05, 0) is 43.9 Å². The van der Waals surface area contributed by atoms with Gasteiger partial charge in [0, 0.05) is 36.2 Å². The molecule has 0 amide bonds. The summed E-state index contributed by atoms with van der Waals surface area (Å²) < 4.78 is 1.48. The van der Waals surface area contributed by atoms with Crippen molar-refractivity contribution in [2.75, 3.05) is 5.32 Å². The molecule has 0 saturated carbocycles. The Kier molecular flexibility index (Phi) is 5.26. The molecule has 6 nitrogen and oxygen atoms in total. The molecule has 27 heavy (non-hydrogen) atoms. The van der Waals surface area contributed by atoms with Gasteiger partial charge in [-0.2, -0.15) is 0 Å². The summed E-state index contributed by atoms with van der Waals surface area (Å²) in [4.78, 5) is 41.2. The maximum absolute atomic E-state index is 13.0. The van der Waals surface area contributed by atoms with Crippen LogP contribution in [0.5, 0.6) is 0 Å². The fourth-order valence-electron chi connectivity index (χ4n) is 3.61. The molecule has 0 atom stereocenters. The molecule has 1 aliphatic carbocycles. The number of Topliss-reactive ketones (excluding diaryl/α,β-unsaturated/α-hetero) is 1. The lowest BCUT2D eigenvalue weighted by atomic mass is 9.99. The minimum atomic E-state index is -0.169. The van der Waals surface area contributed by atoms with Crippen LogP contribution < -0.4 is 10.9 Å². The highest BCUT2D eigenvalue weighted by atomic mass is 16.1. The zero-order valence-corrected chi connectivity index (χ0v) is 16.3. The van der Waals surface area contributed by atoms with E-state index < -0.39 is 0 Å². The van der Waals surface area contributed by atoms with E-state index in [9.17, 15) is 14.4 Å². The number of ketones is 1. The van der Waals surface area contributed by atoms with Crippen molar-refractivity contribution in [3.8, 4) is 11.4 Å². The summed E-state index contributed by atoms with van der Waals surface area (Å²) in [5, 5.41) is 3.30. The number of hydrogen-bond acceptors (Lipinski definition) is 5. The molecule has 6 heteroatoms. The Labute approximate surface area is 158 Å². The van der Waals surface area contributed by atoms with Crippen LogP contribution in [0.3, 0.4) is 0 Å². The zero-order chi connectivity index (χ0) is 19.7. The van der Waals surface area contributed by atoms with Crippen LogP contribution >= 0.6 is 0 Å². The Balaban J connectivity index is 2.15. The van der Waals surface area contributed by atoms with Crippen LogP contribution in [-0.2, 0) is 13.5 Å². The average Bonchev–Trinajstić information content (AvgIpc) is 3.04. The Bertz CT molecular complexity index is 972. The van der Waals surface area contributed by atoms with Gasteiger partial charge in [-0.3, -0.25) is 19.0 Å². The van der Waals surface area contributed by atoms with E-state index in [-0.39, 0.29) is 17.4 Å². The number of carbonyl (C=O) groups is 2. The SMILES string of the molecule is CCC(CC)Nc1c(C)nc(-c2cc3c(cc2C=O)C(=O)CC3)n(C)c1=O. The molecule has 0 unspecified atom stereocenters. The third kappa shape index (κ3) is 3.31. The Morgan fingerprint density at radius 2 is 1.89 bits per heavy atom. The second kappa shape index (κ2) is 7.47. The van der Waals surface area contributed by atoms with Gasteiger partial charge >= 0.3 is 0 Å². The lowest BCUT2D eigenvalue weighted by Crippen LogP contribution is -2.29. The Morgan fingerprint density at radius 3 is 2.52 bits per heavy atom. The number of nitrogens with zero attached hydrogens (tertiary/aromatic N) is 2. The number of fused-ring (bicyclic) bond motifs is 1. The monoisotopic (exact) mass is 367 g/mol. The molecule has 1 aromatic carbocycles. The topological polar surface area (TPSA) is 81.1 Å². The number of hydrogen-bond donors (Lipinski definition) is 1. The largest absolute Gasteiger partial charge is 0.376 e. The Morgan fingerprint density at radius 1 is 1.19 bits per heavy atom. The lowest BCUT2D eigenvalue weighted by molar-refractivity contribution is 0.0994. The number of anilines is 1. The van der Waals surface area contributed by atoms with Crippen molar-refractivity contribution in [1.29, 1.82) is 0 Å². The maximum Gasteiger partial charge on any atom is 0.277 e. The summed E-state index contributed by atoms with van der Waals surface area (Å²) in [5.41, 5.74) is 3.42. The van der Waals surface area contributed by atoms with E-state index in [2.05, 4.69) is 24.1 Å². The number of aldehydes is 1. The summed E-state index contributed by atoms with van der Waals surface area (Å²) >= 11 is 0. The van der Waals surface area contributed by atoms with Crippen molar-refractivity contribution in [2.45, 2.75) is 52.5 Å². The fraction of sp³-hybridized carbons (Fsp3) is 0.429. The molecule has 0 radical (unpaired) electrons. The first-order chi connectivity index (χ1) is 12.9. The quantitative estimate of drug-likeness (QED) is 0.792. The molecule has 0 aliphatic heterocycles. The molecule has 0 bridgehead atoms. The van der Waals surface area contributed by atoms with E-state index in [1.807, 2.05) is 6.07 Å². The molecule has 1 N–H and O–H groups in total. The summed E-state index contributed by atoms with van der Waals surface area (Å²) in [6, 6.07) is 3.67. The molecular formula is C21H25N3O3. The van der Waals surface area contributed by atoms with Crippen LogP contribution in [0.25, 0.3) is 11.4 Å². The van der Waals surface area contributed by atoms with Crippen molar-refractivity contribution in [2.24, 2.45) is 7.05 Å². The maximum atomic E-state index is 13.0. The molecule has 1 heterocycles. The van der Waals surface area contributed by atoms with E-state index in [1.54, 1.807) is 20.0 Å². The lowest BCUT2D eigenvalue weighted by Gasteiger charge is -2.19. The highest BCUT2D eigenvalue weighted by molar-refractivity contribution is 6.03. The van der Waals surface area contributed by atoms with Crippen molar-refractivity contribution in [1.82, 2.24) is 9.55 Å². The second-order valence-electron chi connectivity index (χ2n) is 7.06. The first-order valence-electron chi connectivity index (χ1n) is 9.41. The average molecular weight is 367 g/mol. The molecule has 1 aromatic heterocycles. The molecule has 3 rings (SSSR count). The highest BCUT2D eigenvalue weighted by Crippen LogP contribution is 2.30. The zero-order valence-electron chi connectivity index (χ0n) is 16.3. The summed E-state index contributed by atoms with van der Waals surface area (Å²) in [7, 11) is 1.66. The van der Waals surface area contributed by atoms with Crippen molar-refractivity contribution >= 4 is 17.8 Å². The van der Waals surface area contributed by atoms with Crippen LogP contribution in [0.4, 0.5) is 5.69 Å². The van der Waals surface area contributed by atoms with Gasteiger partial charge in [0.15, 0.2) is 12.1 Å². The summed E-state index contributed by atoms with van der Waals surface area (Å²) in [6.45, 7) is 5.95. The van der Waals surface area contributed by atoms with E-state index in [0.29, 0.717) is 46.7 Å². The third-order valence-corrected chi connectivity index (χ3v) is 5.37. The van der Waals surface area contributed by atoms with E-state index in [4.69, 9.17) is 0 Å². The minimum absolute atomic E-state index is 0.0578. The summed E-state index contributed by atoms with van der Waals surface area (Å²) in [6.07, 6.45) is 3.66. The second-order valence-corrected chi connectivity index (χ2v) is 7.06. The van der Waals surface area contributed by atoms with Crippen molar-refractivity contribution in [3.05, 3.63) is 44.9 Å². The first kappa shape index (κ1) is 19.0. The molecule has 1 aliphatic rings. The van der Waals surface area contributed by atoms with Crippen LogP contribution in [0.2, 0.25) is 0 Å². The van der Waals surface area contributed by atoms with Gasteiger partial charge in [0.05, 0.1) is 5.69 Å². The number of aryl methyl sites for hydroxylation is 2. The number of rotatable bonds is 6. The minimum Gasteiger partial charge on any atom is -0.376 e. The van der Waals surface area contributed by atoms with Crippen LogP contribution in [0.1, 0.15) is 65.1 Å². The van der Waals surface area contributed by atoms with E-state index >= 15 is 0 Å². The Hall–Kier alpha value is -2.76. The fourth-order valence-corrected chi connectivity index (χ4v) is 3.61. The standard InChI is InChI=1S/C21H25N3O3/c1-5-15(6-2)23-19-12(3)22-20(24(4)21(19)27)17-9-13-7-8-18(26)16(13)10-14(17)11-25/h9-11,15,23H,5-8H2,1-4H3. The highest BCUT2D eigenvalue weighted by Gasteiger charge is 2.24. The third-order valence-electron chi connectivity index (χ3n) is 5.37. The van der Waals surface area contributed by atoms with Gasteiger partial charge in [-0.1, -0.05) is 13.8 Å². The molecule has 2 aromatic rings. The molecule has 0 fully saturated rings. The van der Waals surface area contributed by atoms with Crippen LogP contribution in [0.15, 0.2) is 16.9 Å². The smallest absolute Gasteiger partial charge is 0.277 e. The predicted octanol–water partition coefficient (Wildman–Crippen LogP) is 3.30. The first-order valence-corrected chi connectivity index (χ1v) is 9.41. The molecule has 0 spiro atoms. The normalized spacial score (nSPS) is 13.1. The number of carbonyl (C=O) groups excluding carboxylic acids is 2. The van der Waals surface area contributed by atoms with E-state index in [1.165, 1.54) is 4.57 Å². The van der Waals surface area contributed by atoms with Crippen LogP contribution in [-0.4, -0.2) is 27.7 Å². The van der Waals surface area contributed by atoms with Gasteiger partial charge < -0.3 is 5.32 Å². The van der Waals surface area contributed by atoms with Gasteiger partial charge in [0.1, 0.15) is 11.5 Å². The molecular weight excluding hydrogens is 342 g/mol. The van der Waals surface area contributed by atoms with Gasteiger partial charge in [0.2, 0.25) is 0 Å². The van der Waals surface area contributed by atoms with Gasteiger partial charge in [-0.25, -0.2) is 4.98 Å². The number of aromatic nitrogens is 2. The number of nitrogens with one attached hydrogen (secondary N) is 1. The van der Waals surface area contributed by atoms with Crippen molar-refractivity contribution in [3.63, 3.8) is 0 Å². The summed E-state index contributed by atoms with van der Waals surface area (Å²) in [5.74, 6) is 0.499. The van der Waals surface area contributed by atoms with Gasteiger partial charge in [-0.15, -0.1) is 0 Å². The van der Waals surface area contributed by atoms with E-state index in [0.717, 1.165) is 24.7 Å². The molecule has 0 saturated heterocycles. The van der Waals surface area contributed by atoms with Crippen LogP contribution in [0, 0.1) is 6.92 Å². The van der Waals surface area contributed by atoms with Gasteiger partial charge in [0.25, 0.3) is 5.56 Å². The van der Waals surface area contributed by atoms with Crippen molar-refractivity contribution < 1.29 is 9.59 Å².